The zero-order valence-electron chi connectivity index (χ0n) is 13.8. The number of carbonyl (C=O) groups excluding carboxylic acids is 1. The van der Waals surface area contributed by atoms with Crippen LogP contribution in [0.15, 0.2) is 53.6 Å². The molecule has 0 aromatic heterocycles. The highest BCUT2D eigenvalue weighted by molar-refractivity contribution is 6.34. The summed E-state index contributed by atoms with van der Waals surface area (Å²) in [5.74, 6) is -0.785. The lowest BCUT2D eigenvalue weighted by Crippen LogP contribution is -2.54. The summed E-state index contributed by atoms with van der Waals surface area (Å²) in [4.78, 5) is 24.2. The average Bonchev–Trinajstić information content (AvgIpc) is 3.06. The lowest BCUT2D eigenvalue weighted by atomic mass is 9.81. The van der Waals surface area contributed by atoms with Crippen molar-refractivity contribution in [3.63, 3.8) is 0 Å². The monoisotopic (exact) mass is 371 g/mol. The summed E-state index contributed by atoms with van der Waals surface area (Å²) in [6.07, 6.45) is 0. The van der Waals surface area contributed by atoms with Crippen molar-refractivity contribution in [1.29, 1.82) is 0 Å². The van der Waals surface area contributed by atoms with E-state index in [1.807, 2.05) is 0 Å². The van der Waals surface area contributed by atoms with Gasteiger partial charge in [-0.1, -0.05) is 41.9 Å². The third kappa shape index (κ3) is 2.20. The first kappa shape index (κ1) is 16.5. The van der Waals surface area contributed by atoms with Crippen molar-refractivity contribution in [2.45, 2.75) is 18.4 Å². The Hall–Kier alpha value is -2.93. The van der Waals surface area contributed by atoms with E-state index in [1.54, 1.807) is 55.5 Å². The van der Waals surface area contributed by atoms with Crippen LogP contribution < -0.4 is 9.75 Å². The van der Waals surface area contributed by atoms with Gasteiger partial charge in [0, 0.05) is 10.5 Å². The third-order valence-electron chi connectivity index (χ3n) is 4.77. The quantitative estimate of drug-likeness (QED) is 0.612. The summed E-state index contributed by atoms with van der Waals surface area (Å²) in [6.45, 7) is 1.21. The third-order valence-corrected chi connectivity index (χ3v) is 5.09. The molecular weight excluding hydrogens is 358 g/mol. The van der Waals surface area contributed by atoms with Crippen LogP contribution in [0.3, 0.4) is 0 Å². The predicted octanol–water partition coefficient (Wildman–Crippen LogP) is 3.25. The van der Waals surface area contributed by atoms with Crippen molar-refractivity contribution < 1.29 is 14.5 Å². The first-order chi connectivity index (χ1) is 12.4. The molecular formula is C18H14ClN3O4. The highest BCUT2D eigenvalue weighted by Gasteiger charge is 2.63. The van der Waals surface area contributed by atoms with E-state index in [4.69, 9.17) is 16.3 Å². The summed E-state index contributed by atoms with van der Waals surface area (Å²) in [7, 11) is 0. The van der Waals surface area contributed by atoms with Crippen molar-refractivity contribution in [2.24, 2.45) is 5.10 Å². The minimum absolute atomic E-state index is 0.357. The Morgan fingerprint density at radius 3 is 2.69 bits per heavy atom. The van der Waals surface area contributed by atoms with Crippen molar-refractivity contribution in [1.82, 2.24) is 0 Å². The van der Waals surface area contributed by atoms with Crippen LogP contribution in [0.5, 0.6) is 5.75 Å². The van der Waals surface area contributed by atoms with Gasteiger partial charge in [-0.3, -0.25) is 14.9 Å². The van der Waals surface area contributed by atoms with E-state index in [0.29, 0.717) is 27.7 Å². The van der Waals surface area contributed by atoms with Gasteiger partial charge < -0.3 is 4.74 Å². The number of hydrogen-bond acceptors (Lipinski definition) is 5. The van der Waals surface area contributed by atoms with Crippen LogP contribution in [0, 0.1) is 10.1 Å². The smallest absolute Gasteiger partial charge is 0.298 e. The molecule has 2 atom stereocenters. The molecule has 0 radical (unpaired) electrons. The normalized spacial score (nSPS) is 23.8. The van der Waals surface area contributed by atoms with Gasteiger partial charge >= 0.3 is 0 Å². The summed E-state index contributed by atoms with van der Waals surface area (Å²) in [5.41, 5.74) is -0.121. The molecule has 26 heavy (non-hydrogen) atoms. The second-order valence-electron chi connectivity index (χ2n) is 6.20. The number of benzene rings is 2. The maximum atomic E-state index is 13.4. The highest BCUT2D eigenvalue weighted by atomic mass is 35.5. The maximum absolute atomic E-state index is 13.4. The SMILES string of the molecule is CC1=NN(c2ccccc2Cl)C(=O)[C@]12Oc1ccccc1[C@H]2C[N+](=O)[O-]. The molecule has 2 aliphatic heterocycles. The summed E-state index contributed by atoms with van der Waals surface area (Å²) in [5, 5.41) is 17.2. The number of fused-ring (bicyclic) bond motifs is 1. The number of amides is 1. The van der Waals surface area contributed by atoms with Crippen LogP contribution in [0.1, 0.15) is 18.4 Å². The molecule has 0 unspecified atom stereocenters. The van der Waals surface area contributed by atoms with Gasteiger partial charge in [-0.15, -0.1) is 0 Å². The molecule has 0 fully saturated rings. The van der Waals surface area contributed by atoms with Crippen LogP contribution >= 0.6 is 11.6 Å². The number of nitro groups is 1. The van der Waals surface area contributed by atoms with E-state index in [-0.39, 0.29) is 0 Å². The van der Waals surface area contributed by atoms with E-state index < -0.39 is 28.9 Å². The van der Waals surface area contributed by atoms with Gasteiger partial charge in [0.05, 0.1) is 16.4 Å². The number of anilines is 1. The lowest BCUT2D eigenvalue weighted by Gasteiger charge is -2.27. The van der Waals surface area contributed by atoms with Crippen molar-refractivity contribution >= 4 is 28.9 Å². The Balaban J connectivity index is 1.83. The van der Waals surface area contributed by atoms with E-state index in [9.17, 15) is 14.9 Å². The van der Waals surface area contributed by atoms with Crippen LogP contribution in [0.2, 0.25) is 5.02 Å². The number of para-hydroxylation sites is 2. The van der Waals surface area contributed by atoms with Crippen LogP contribution in [-0.2, 0) is 4.79 Å². The van der Waals surface area contributed by atoms with Crippen LogP contribution in [-0.4, -0.2) is 28.7 Å². The van der Waals surface area contributed by atoms with Gasteiger partial charge in [0.15, 0.2) is 0 Å². The minimum atomic E-state index is -1.53. The van der Waals surface area contributed by atoms with Crippen LogP contribution in [0.25, 0.3) is 0 Å². The van der Waals surface area contributed by atoms with Gasteiger partial charge in [0.2, 0.25) is 12.1 Å². The number of rotatable bonds is 3. The summed E-state index contributed by atoms with van der Waals surface area (Å²) < 4.78 is 6.02. The molecule has 7 nitrogen and oxygen atoms in total. The Bertz CT molecular complexity index is 961. The van der Waals surface area contributed by atoms with Gasteiger partial charge in [0.25, 0.3) is 5.91 Å². The molecule has 0 N–H and O–H groups in total. The second kappa shape index (κ2) is 5.81. The molecule has 0 saturated carbocycles. The van der Waals surface area contributed by atoms with E-state index in [1.165, 1.54) is 5.01 Å². The number of carbonyl (C=O) groups is 1. The van der Waals surface area contributed by atoms with Crippen molar-refractivity contribution in [2.75, 3.05) is 11.6 Å². The first-order valence-electron chi connectivity index (χ1n) is 7.99. The number of nitrogens with zero attached hydrogens (tertiary/aromatic N) is 3. The molecule has 132 valence electrons. The fraction of sp³-hybridized carbons (Fsp3) is 0.222. The number of hydrazone groups is 1. The second-order valence-corrected chi connectivity index (χ2v) is 6.60. The van der Waals surface area contributed by atoms with Gasteiger partial charge in [-0.05, 0) is 25.1 Å². The minimum Gasteiger partial charge on any atom is -0.470 e. The zero-order valence-corrected chi connectivity index (χ0v) is 14.5. The number of ether oxygens (including phenoxy) is 1. The maximum Gasteiger partial charge on any atom is 0.298 e. The molecule has 1 amide bonds. The molecule has 0 aliphatic carbocycles. The molecule has 2 heterocycles. The van der Waals surface area contributed by atoms with Crippen LogP contribution in [0.4, 0.5) is 5.69 Å². The number of hydrogen-bond donors (Lipinski definition) is 0. The molecule has 2 aliphatic rings. The molecule has 2 aromatic carbocycles. The van der Waals surface area contributed by atoms with Gasteiger partial charge in [-0.2, -0.15) is 10.1 Å². The van der Waals surface area contributed by atoms with Crippen molar-refractivity contribution in [3.05, 3.63) is 69.2 Å². The largest absolute Gasteiger partial charge is 0.470 e. The van der Waals surface area contributed by atoms with Gasteiger partial charge in [0.1, 0.15) is 11.7 Å². The number of halogens is 1. The fourth-order valence-electron chi connectivity index (χ4n) is 3.59. The summed E-state index contributed by atoms with van der Waals surface area (Å²) in [6, 6.07) is 13.8. The molecule has 0 saturated heterocycles. The molecule has 0 bridgehead atoms. The first-order valence-corrected chi connectivity index (χ1v) is 8.37. The van der Waals surface area contributed by atoms with E-state index >= 15 is 0 Å². The highest BCUT2D eigenvalue weighted by Crippen LogP contribution is 2.49. The van der Waals surface area contributed by atoms with E-state index in [2.05, 4.69) is 5.10 Å². The average molecular weight is 372 g/mol. The van der Waals surface area contributed by atoms with Crippen molar-refractivity contribution in [3.8, 4) is 5.75 Å². The zero-order chi connectivity index (χ0) is 18.5. The topological polar surface area (TPSA) is 85.0 Å². The predicted molar refractivity (Wildman–Crippen MR) is 96.5 cm³/mol. The lowest BCUT2D eigenvalue weighted by molar-refractivity contribution is -0.484. The molecule has 4 rings (SSSR count). The Kier molecular flexibility index (Phi) is 3.69. The fourth-order valence-corrected chi connectivity index (χ4v) is 3.80. The Labute approximate surface area is 154 Å². The standard InChI is InChI=1S/C18H14ClN3O4/c1-11-18(17(23)22(20-11)15-8-4-3-7-14(15)19)13(10-21(24)25)12-6-2-5-9-16(12)26-18/h2-9,13H,10H2,1H3/t13-,18+/m1/s1. The summed E-state index contributed by atoms with van der Waals surface area (Å²) >= 11 is 6.21. The molecule has 8 heteroatoms. The molecule has 2 aromatic rings. The Morgan fingerprint density at radius 1 is 1.27 bits per heavy atom. The molecule has 1 spiro atoms. The van der Waals surface area contributed by atoms with Gasteiger partial charge in [-0.25, -0.2) is 0 Å². The Morgan fingerprint density at radius 2 is 1.96 bits per heavy atom. The van der Waals surface area contributed by atoms with E-state index in [0.717, 1.165) is 0 Å².